The van der Waals surface area contributed by atoms with Crippen LogP contribution >= 0.6 is 11.3 Å². The summed E-state index contributed by atoms with van der Waals surface area (Å²) in [5.74, 6) is 0.532. The van der Waals surface area contributed by atoms with E-state index in [-0.39, 0.29) is 5.41 Å². The van der Waals surface area contributed by atoms with Gasteiger partial charge in [0.25, 0.3) is 0 Å². The van der Waals surface area contributed by atoms with E-state index in [2.05, 4.69) is 31.5 Å². The van der Waals surface area contributed by atoms with Crippen LogP contribution in [0.25, 0.3) is 0 Å². The second-order valence-electron chi connectivity index (χ2n) is 6.68. The number of nitrogens with zero attached hydrogens (tertiary/aromatic N) is 1. The van der Waals surface area contributed by atoms with E-state index in [4.69, 9.17) is 10.1 Å². The van der Waals surface area contributed by atoms with Crippen molar-refractivity contribution in [2.24, 2.45) is 5.92 Å². The number of aliphatic hydroxyl groups is 1. The van der Waals surface area contributed by atoms with E-state index in [0.29, 0.717) is 18.6 Å². The average Bonchev–Trinajstić information content (AvgIpc) is 2.86. The zero-order valence-corrected chi connectivity index (χ0v) is 13.1. The highest BCUT2D eigenvalue weighted by Crippen LogP contribution is 2.26. The van der Waals surface area contributed by atoms with Gasteiger partial charge < -0.3 is 10.4 Å². The van der Waals surface area contributed by atoms with Crippen LogP contribution in [-0.2, 0) is 12.0 Å². The van der Waals surface area contributed by atoms with Gasteiger partial charge in [-0.15, -0.1) is 11.3 Å². The van der Waals surface area contributed by atoms with Crippen molar-refractivity contribution in [3.63, 3.8) is 0 Å². The van der Waals surface area contributed by atoms with Crippen molar-refractivity contribution in [1.29, 1.82) is 0 Å². The van der Waals surface area contributed by atoms with E-state index in [9.17, 15) is 0 Å². The van der Waals surface area contributed by atoms with Crippen molar-refractivity contribution in [2.45, 2.75) is 64.5 Å². The Kier molecular flexibility index (Phi) is 4.98. The monoisotopic (exact) mass is 282 g/mol. The second-order valence-corrected chi connectivity index (χ2v) is 7.53. The first-order valence-corrected chi connectivity index (χ1v) is 8.16. The van der Waals surface area contributed by atoms with E-state index in [1.807, 2.05) is 0 Å². The first-order chi connectivity index (χ1) is 8.99. The van der Waals surface area contributed by atoms with Gasteiger partial charge in [-0.25, -0.2) is 4.98 Å². The van der Waals surface area contributed by atoms with E-state index < -0.39 is 0 Å². The molecule has 0 atom stereocenters. The third-order valence-electron chi connectivity index (χ3n) is 3.87. The van der Waals surface area contributed by atoms with Gasteiger partial charge in [-0.3, -0.25) is 0 Å². The topological polar surface area (TPSA) is 45.2 Å². The van der Waals surface area contributed by atoms with Gasteiger partial charge in [0.15, 0.2) is 0 Å². The second kappa shape index (κ2) is 6.33. The van der Waals surface area contributed by atoms with Crippen molar-refractivity contribution in [1.82, 2.24) is 10.3 Å². The number of nitrogens with one attached hydrogen (secondary N) is 1. The summed E-state index contributed by atoms with van der Waals surface area (Å²) in [7, 11) is 0. The Morgan fingerprint density at radius 2 is 2.00 bits per heavy atom. The standard InChI is InChI=1S/C15H26N2OS/c1-15(2,3)14-17-13(10-19-14)8-16-12-6-4-11(9-18)5-7-12/h10-12,16,18H,4-9H2,1-3H3. The largest absolute Gasteiger partial charge is 0.396 e. The van der Waals surface area contributed by atoms with E-state index >= 15 is 0 Å². The third kappa shape index (κ3) is 4.26. The molecule has 0 spiro atoms. The molecule has 0 saturated heterocycles. The normalized spacial score (nSPS) is 24.6. The quantitative estimate of drug-likeness (QED) is 0.892. The lowest BCUT2D eigenvalue weighted by molar-refractivity contribution is 0.175. The molecule has 0 radical (unpaired) electrons. The van der Waals surface area contributed by atoms with Crippen LogP contribution in [0.4, 0.5) is 0 Å². The van der Waals surface area contributed by atoms with Gasteiger partial charge in [0.05, 0.1) is 10.7 Å². The fourth-order valence-electron chi connectivity index (χ4n) is 2.53. The lowest BCUT2D eigenvalue weighted by Crippen LogP contribution is -2.33. The van der Waals surface area contributed by atoms with Crippen LogP contribution in [0.15, 0.2) is 5.38 Å². The minimum Gasteiger partial charge on any atom is -0.396 e. The average molecular weight is 282 g/mol. The van der Waals surface area contributed by atoms with Crippen LogP contribution in [0.3, 0.4) is 0 Å². The molecule has 19 heavy (non-hydrogen) atoms. The molecule has 0 unspecified atom stereocenters. The Bertz CT molecular complexity index is 389. The Labute approximate surface area is 120 Å². The molecule has 0 amide bonds. The number of rotatable bonds is 4. The molecular weight excluding hydrogens is 256 g/mol. The van der Waals surface area contributed by atoms with Crippen molar-refractivity contribution >= 4 is 11.3 Å². The van der Waals surface area contributed by atoms with Crippen LogP contribution < -0.4 is 5.32 Å². The molecule has 108 valence electrons. The number of aromatic nitrogens is 1. The van der Waals surface area contributed by atoms with Crippen molar-refractivity contribution in [2.75, 3.05) is 6.61 Å². The molecule has 1 aliphatic rings. The molecule has 1 aliphatic carbocycles. The molecule has 1 heterocycles. The van der Waals surface area contributed by atoms with Crippen LogP contribution in [0.2, 0.25) is 0 Å². The van der Waals surface area contributed by atoms with E-state index in [1.54, 1.807) is 11.3 Å². The molecule has 2 N–H and O–H groups in total. The Morgan fingerprint density at radius 3 is 2.53 bits per heavy atom. The maximum absolute atomic E-state index is 9.14. The smallest absolute Gasteiger partial charge is 0.0982 e. The molecule has 3 nitrogen and oxygen atoms in total. The first kappa shape index (κ1) is 14.9. The predicted molar refractivity (Wildman–Crippen MR) is 80.5 cm³/mol. The number of aliphatic hydroxyl groups excluding tert-OH is 1. The van der Waals surface area contributed by atoms with Gasteiger partial charge in [0, 0.05) is 30.0 Å². The molecule has 1 aromatic rings. The zero-order valence-electron chi connectivity index (χ0n) is 12.3. The van der Waals surface area contributed by atoms with Crippen LogP contribution in [0.1, 0.15) is 57.2 Å². The van der Waals surface area contributed by atoms with Crippen molar-refractivity contribution in [3.05, 3.63) is 16.1 Å². The number of hydrogen-bond donors (Lipinski definition) is 2. The minimum absolute atomic E-state index is 0.155. The summed E-state index contributed by atoms with van der Waals surface area (Å²) in [5, 5.41) is 16.1. The maximum atomic E-state index is 9.14. The highest BCUT2D eigenvalue weighted by atomic mass is 32.1. The fourth-order valence-corrected chi connectivity index (χ4v) is 3.44. The summed E-state index contributed by atoms with van der Waals surface area (Å²) >= 11 is 1.76. The van der Waals surface area contributed by atoms with E-state index in [0.717, 1.165) is 19.4 Å². The molecule has 0 aliphatic heterocycles. The van der Waals surface area contributed by atoms with Crippen molar-refractivity contribution in [3.8, 4) is 0 Å². The summed E-state index contributed by atoms with van der Waals surface area (Å²) in [5.41, 5.74) is 1.32. The van der Waals surface area contributed by atoms with Gasteiger partial charge in [0.1, 0.15) is 0 Å². The Hall–Kier alpha value is -0.450. The number of hydrogen-bond acceptors (Lipinski definition) is 4. The predicted octanol–water partition coefficient (Wildman–Crippen LogP) is 3.08. The summed E-state index contributed by atoms with van der Waals surface area (Å²) in [6, 6.07) is 0.600. The maximum Gasteiger partial charge on any atom is 0.0982 e. The molecule has 0 bridgehead atoms. The zero-order chi connectivity index (χ0) is 13.9. The number of thiazole rings is 1. The van der Waals surface area contributed by atoms with Crippen LogP contribution in [-0.4, -0.2) is 22.7 Å². The van der Waals surface area contributed by atoms with Gasteiger partial charge in [0.2, 0.25) is 0 Å². The van der Waals surface area contributed by atoms with Gasteiger partial charge >= 0.3 is 0 Å². The summed E-state index contributed by atoms with van der Waals surface area (Å²) in [4.78, 5) is 4.71. The summed E-state index contributed by atoms with van der Waals surface area (Å²) < 4.78 is 0. The molecule has 1 saturated carbocycles. The molecule has 1 aromatic heterocycles. The van der Waals surface area contributed by atoms with Gasteiger partial charge in [-0.05, 0) is 31.6 Å². The third-order valence-corrected chi connectivity index (χ3v) is 5.19. The highest BCUT2D eigenvalue weighted by Gasteiger charge is 2.21. The molecule has 1 fully saturated rings. The molecular formula is C15H26N2OS. The minimum atomic E-state index is 0.155. The van der Waals surface area contributed by atoms with Crippen molar-refractivity contribution < 1.29 is 5.11 Å². The molecule has 4 heteroatoms. The van der Waals surface area contributed by atoms with Gasteiger partial charge in [-0.2, -0.15) is 0 Å². The lowest BCUT2D eigenvalue weighted by atomic mass is 9.86. The Balaban J connectivity index is 1.78. The SMILES string of the molecule is CC(C)(C)c1nc(CNC2CCC(CO)CC2)cs1. The molecule has 0 aromatic carbocycles. The van der Waals surface area contributed by atoms with Crippen LogP contribution in [0.5, 0.6) is 0 Å². The summed E-state index contributed by atoms with van der Waals surface area (Å²) in [6.07, 6.45) is 4.67. The fraction of sp³-hybridized carbons (Fsp3) is 0.800. The summed E-state index contributed by atoms with van der Waals surface area (Å²) in [6.45, 7) is 7.85. The lowest BCUT2D eigenvalue weighted by Gasteiger charge is -2.27. The van der Waals surface area contributed by atoms with Gasteiger partial charge in [-0.1, -0.05) is 20.8 Å². The van der Waals surface area contributed by atoms with E-state index in [1.165, 1.54) is 23.5 Å². The molecule has 2 rings (SSSR count). The highest BCUT2D eigenvalue weighted by molar-refractivity contribution is 7.09. The van der Waals surface area contributed by atoms with Crippen LogP contribution in [0, 0.1) is 5.92 Å². The Morgan fingerprint density at radius 1 is 1.32 bits per heavy atom. The first-order valence-electron chi connectivity index (χ1n) is 7.28.